The van der Waals surface area contributed by atoms with Crippen LogP contribution in [0.4, 0.5) is 11.4 Å². The minimum absolute atomic E-state index is 0.0823. The maximum Gasteiger partial charge on any atom is 0.261 e. The first kappa shape index (κ1) is 19.2. The van der Waals surface area contributed by atoms with Crippen LogP contribution in [0.1, 0.15) is 18.4 Å². The number of sulfonamides is 1. The molecule has 0 atom stereocenters. The van der Waals surface area contributed by atoms with Gasteiger partial charge < -0.3 is 4.74 Å². The fourth-order valence-electron chi connectivity index (χ4n) is 2.78. The molecule has 0 spiro atoms. The van der Waals surface area contributed by atoms with Crippen molar-refractivity contribution in [1.29, 1.82) is 0 Å². The van der Waals surface area contributed by atoms with Crippen LogP contribution in [0.25, 0.3) is 0 Å². The molecular formula is C18H17ClN2O5S. The molecule has 0 aliphatic carbocycles. The average molecular weight is 409 g/mol. The van der Waals surface area contributed by atoms with Gasteiger partial charge in [-0.1, -0.05) is 17.7 Å². The van der Waals surface area contributed by atoms with Crippen molar-refractivity contribution >= 4 is 44.8 Å². The molecular weight excluding hydrogens is 392 g/mol. The number of nitrogens with one attached hydrogen (secondary N) is 1. The van der Waals surface area contributed by atoms with Crippen LogP contribution in [0.3, 0.4) is 0 Å². The number of carbonyl (C=O) groups excluding carboxylic acids is 2. The van der Waals surface area contributed by atoms with Gasteiger partial charge in [-0.2, -0.15) is 0 Å². The van der Waals surface area contributed by atoms with Gasteiger partial charge in [-0.3, -0.25) is 14.3 Å². The van der Waals surface area contributed by atoms with Crippen molar-refractivity contribution in [3.05, 3.63) is 47.0 Å². The zero-order valence-electron chi connectivity index (χ0n) is 14.7. The molecule has 2 aromatic rings. The van der Waals surface area contributed by atoms with E-state index in [1.54, 1.807) is 25.1 Å². The van der Waals surface area contributed by atoms with Crippen LogP contribution in [0.15, 0.2) is 41.3 Å². The number of benzene rings is 2. The van der Waals surface area contributed by atoms with Gasteiger partial charge in [0.05, 0.1) is 23.4 Å². The van der Waals surface area contributed by atoms with Crippen molar-refractivity contribution < 1.29 is 22.7 Å². The smallest absolute Gasteiger partial charge is 0.261 e. The molecule has 2 amide bonds. The second-order valence-electron chi connectivity index (χ2n) is 5.97. The number of halogens is 1. The van der Waals surface area contributed by atoms with Crippen LogP contribution in [0.2, 0.25) is 5.02 Å². The molecule has 9 heteroatoms. The van der Waals surface area contributed by atoms with Crippen molar-refractivity contribution in [2.24, 2.45) is 0 Å². The second-order valence-corrected chi connectivity index (χ2v) is 8.06. The van der Waals surface area contributed by atoms with Gasteiger partial charge in [0.25, 0.3) is 10.0 Å². The van der Waals surface area contributed by atoms with Crippen LogP contribution in [0.5, 0.6) is 5.75 Å². The summed E-state index contributed by atoms with van der Waals surface area (Å²) in [6.45, 7) is 1.70. The van der Waals surface area contributed by atoms with Crippen LogP contribution in [-0.4, -0.2) is 27.3 Å². The number of anilines is 2. The molecule has 0 unspecified atom stereocenters. The Labute approximate surface area is 161 Å². The third kappa shape index (κ3) is 3.63. The van der Waals surface area contributed by atoms with Crippen molar-refractivity contribution in [3.63, 3.8) is 0 Å². The summed E-state index contributed by atoms with van der Waals surface area (Å²) in [6.07, 6.45) is 0.165. The topological polar surface area (TPSA) is 92.8 Å². The van der Waals surface area contributed by atoms with Crippen LogP contribution >= 0.6 is 11.6 Å². The van der Waals surface area contributed by atoms with E-state index in [0.717, 1.165) is 4.90 Å². The summed E-state index contributed by atoms with van der Waals surface area (Å²) in [7, 11) is -2.60. The van der Waals surface area contributed by atoms with Gasteiger partial charge in [-0.05, 0) is 42.8 Å². The SMILES string of the molecule is COc1ccc(S(=O)(=O)Nc2cccc(Cl)c2C)cc1N1C(=O)CCC1=O. The van der Waals surface area contributed by atoms with Gasteiger partial charge in [0.15, 0.2) is 0 Å². The van der Waals surface area contributed by atoms with Crippen molar-refractivity contribution in [3.8, 4) is 5.75 Å². The highest BCUT2D eigenvalue weighted by Gasteiger charge is 2.33. The van der Waals surface area contributed by atoms with E-state index in [1.165, 1.54) is 25.3 Å². The fourth-order valence-corrected chi connectivity index (χ4v) is 4.10. The molecule has 0 radical (unpaired) electrons. The Morgan fingerprint density at radius 2 is 1.78 bits per heavy atom. The summed E-state index contributed by atoms with van der Waals surface area (Å²) >= 11 is 6.04. The monoisotopic (exact) mass is 408 g/mol. The highest BCUT2D eigenvalue weighted by molar-refractivity contribution is 7.92. The number of ether oxygens (including phenoxy) is 1. The quantitative estimate of drug-likeness (QED) is 0.767. The summed E-state index contributed by atoms with van der Waals surface area (Å²) in [4.78, 5) is 25.0. The van der Waals surface area contributed by atoms with E-state index in [1.807, 2.05) is 0 Å². The van der Waals surface area contributed by atoms with Crippen molar-refractivity contribution in [2.75, 3.05) is 16.7 Å². The summed E-state index contributed by atoms with van der Waals surface area (Å²) in [6, 6.07) is 8.89. The lowest BCUT2D eigenvalue weighted by atomic mass is 10.2. The lowest BCUT2D eigenvalue weighted by molar-refractivity contribution is -0.121. The summed E-state index contributed by atoms with van der Waals surface area (Å²) in [5.74, 6) is -0.561. The molecule has 1 aliphatic rings. The molecule has 1 aliphatic heterocycles. The first-order valence-electron chi connectivity index (χ1n) is 8.06. The minimum atomic E-state index is -3.98. The molecule has 1 fully saturated rings. The van der Waals surface area contributed by atoms with E-state index in [9.17, 15) is 18.0 Å². The van der Waals surface area contributed by atoms with Crippen LogP contribution in [-0.2, 0) is 19.6 Å². The number of amides is 2. The van der Waals surface area contributed by atoms with Gasteiger partial charge in [-0.15, -0.1) is 0 Å². The van der Waals surface area contributed by atoms with E-state index in [-0.39, 0.29) is 29.2 Å². The molecule has 0 saturated carbocycles. The van der Waals surface area contributed by atoms with Gasteiger partial charge in [0.2, 0.25) is 11.8 Å². The number of rotatable bonds is 5. The maximum absolute atomic E-state index is 12.8. The highest BCUT2D eigenvalue weighted by atomic mass is 35.5. The van der Waals surface area contributed by atoms with Crippen LogP contribution < -0.4 is 14.4 Å². The van der Waals surface area contributed by atoms with Crippen molar-refractivity contribution in [2.45, 2.75) is 24.7 Å². The van der Waals surface area contributed by atoms with Crippen LogP contribution in [0, 0.1) is 6.92 Å². The lowest BCUT2D eigenvalue weighted by Crippen LogP contribution is -2.29. The molecule has 2 aromatic carbocycles. The van der Waals surface area contributed by atoms with E-state index >= 15 is 0 Å². The zero-order chi connectivity index (χ0) is 19.8. The maximum atomic E-state index is 12.8. The zero-order valence-corrected chi connectivity index (χ0v) is 16.2. The second kappa shape index (κ2) is 7.21. The number of methoxy groups -OCH3 is 1. The standard InChI is InChI=1S/C18H17ClN2O5S/c1-11-13(19)4-3-5-14(11)20-27(24,25)12-6-7-16(26-2)15(10-12)21-17(22)8-9-18(21)23/h3-7,10,20H,8-9H2,1-2H3. The van der Waals surface area contributed by atoms with Gasteiger partial charge in [-0.25, -0.2) is 13.3 Å². The first-order chi connectivity index (χ1) is 12.7. The third-order valence-corrected chi connectivity index (χ3v) is 6.04. The average Bonchev–Trinajstić information content (AvgIpc) is 2.96. The van der Waals surface area contributed by atoms with E-state index in [4.69, 9.17) is 16.3 Å². The number of hydrogen-bond donors (Lipinski definition) is 1. The largest absolute Gasteiger partial charge is 0.495 e. The Balaban J connectivity index is 2.03. The molecule has 142 valence electrons. The lowest BCUT2D eigenvalue weighted by Gasteiger charge is -2.19. The van der Waals surface area contributed by atoms with Gasteiger partial charge >= 0.3 is 0 Å². The molecule has 1 heterocycles. The number of hydrogen-bond acceptors (Lipinski definition) is 5. The summed E-state index contributed by atoms with van der Waals surface area (Å²) in [5, 5.41) is 0.430. The predicted octanol–water partition coefficient (Wildman–Crippen LogP) is 3.11. The molecule has 7 nitrogen and oxygen atoms in total. The van der Waals surface area contributed by atoms with Crippen molar-refractivity contribution in [1.82, 2.24) is 0 Å². The molecule has 1 N–H and O–H groups in total. The molecule has 3 rings (SSSR count). The first-order valence-corrected chi connectivity index (χ1v) is 9.92. The van der Waals surface area contributed by atoms with Gasteiger partial charge in [0, 0.05) is 17.9 Å². The molecule has 1 saturated heterocycles. The Bertz CT molecular complexity index is 1020. The van der Waals surface area contributed by atoms with E-state index < -0.39 is 21.8 Å². The number of carbonyl (C=O) groups is 2. The molecule has 0 aromatic heterocycles. The fraction of sp³-hybridized carbons (Fsp3) is 0.222. The normalized spacial score (nSPS) is 14.6. The Morgan fingerprint density at radius 3 is 2.41 bits per heavy atom. The predicted molar refractivity (Wildman–Crippen MR) is 102 cm³/mol. The van der Waals surface area contributed by atoms with E-state index in [2.05, 4.69) is 4.72 Å². The third-order valence-electron chi connectivity index (χ3n) is 4.27. The highest BCUT2D eigenvalue weighted by Crippen LogP contribution is 2.35. The molecule has 27 heavy (non-hydrogen) atoms. The summed E-state index contributed by atoms with van der Waals surface area (Å²) < 4.78 is 33.3. The van der Waals surface area contributed by atoms with Gasteiger partial charge in [0.1, 0.15) is 5.75 Å². The number of imide groups is 1. The van der Waals surface area contributed by atoms with E-state index in [0.29, 0.717) is 16.3 Å². The Hall–Kier alpha value is -2.58. The Kier molecular flexibility index (Phi) is 5.12. The minimum Gasteiger partial charge on any atom is -0.495 e. The Morgan fingerprint density at radius 1 is 1.11 bits per heavy atom. The summed E-state index contributed by atoms with van der Waals surface area (Å²) in [5.41, 5.74) is 1.03. The molecule has 0 bridgehead atoms. The number of nitrogens with zero attached hydrogens (tertiary/aromatic N) is 1.